The van der Waals surface area contributed by atoms with Crippen LogP contribution in [0.5, 0.6) is 5.88 Å². The Labute approximate surface area is 82.4 Å². The number of nitrogens with zero attached hydrogens (tertiary/aromatic N) is 2. The predicted octanol–water partition coefficient (Wildman–Crippen LogP) is 2.15. The molecule has 0 fully saturated rings. The van der Waals surface area contributed by atoms with Crippen LogP contribution in [0.2, 0.25) is 0 Å². The Bertz CT molecular complexity index is 415. The van der Waals surface area contributed by atoms with Gasteiger partial charge < -0.3 is 4.74 Å². The SMILES string of the molecule is COc1cc(-c2ccncc2)ccn1. The Morgan fingerprint density at radius 1 is 1.00 bits per heavy atom. The quantitative estimate of drug-likeness (QED) is 0.720. The highest BCUT2D eigenvalue weighted by atomic mass is 16.5. The average molecular weight is 186 g/mol. The van der Waals surface area contributed by atoms with Crippen molar-refractivity contribution in [2.24, 2.45) is 0 Å². The Morgan fingerprint density at radius 2 is 1.71 bits per heavy atom. The van der Waals surface area contributed by atoms with Crippen molar-refractivity contribution in [3.63, 3.8) is 0 Å². The van der Waals surface area contributed by atoms with Gasteiger partial charge in [0.05, 0.1) is 7.11 Å². The van der Waals surface area contributed by atoms with E-state index < -0.39 is 0 Å². The summed E-state index contributed by atoms with van der Waals surface area (Å²) in [6, 6.07) is 7.75. The Hall–Kier alpha value is -1.90. The largest absolute Gasteiger partial charge is 0.481 e. The van der Waals surface area contributed by atoms with Gasteiger partial charge in [-0.2, -0.15) is 0 Å². The first-order valence-electron chi connectivity index (χ1n) is 4.30. The van der Waals surface area contributed by atoms with E-state index in [9.17, 15) is 0 Å². The zero-order chi connectivity index (χ0) is 9.80. The van der Waals surface area contributed by atoms with E-state index in [0.29, 0.717) is 5.88 Å². The number of ether oxygens (including phenoxy) is 1. The third kappa shape index (κ3) is 1.71. The molecule has 0 unspecified atom stereocenters. The third-order valence-electron chi connectivity index (χ3n) is 1.96. The van der Waals surface area contributed by atoms with Crippen LogP contribution >= 0.6 is 0 Å². The van der Waals surface area contributed by atoms with Gasteiger partial charge in [-0.25, -0.2) is 4.98 Å². The van der Waals surface area contributed by atoms with Crippen LogP contribution in [0, 0.1) is 0 Å². The first-order valence-corrected chi connectivity index (χ1v) is 4.30. The maximum Gasteiger partial charge on any atom is 0.213 e. The predicted molar refractivity (Wildman–Crippen MR) is 54.0 cm³/mol. The molecule has 0 bridgehead atoms. The number of hydrogen-bond acceptors (Lipinski definition) is 3. The molecule has 70 valence electrons. The topological polar surface area (TPSA) is 35.0 Å². The lowest BCUT2D eigenvalue weighted by Gasteiger charge is -2.02. The van der Waals surface area contributed by atoms with Crippen molar-refractivity contribution in [1.29, 1.82) is 0 Å². The van der Waals surface area contributed by atoms with E-state index in [4.69, 9.17) is 4.74 Å². The summed E-state index contributed by atoms with van der Waals surface area (Å²) in [6.07, 6.45) is 5.26. The van der Waals surface area contributed by atoms with Crippen molar-refractivity contribution in [3.8, 4) is 17.0 Å². The van der Waals surface area contributed by atoms with E-state index in [1.54, 1.807) is 25.7 Å². The minimum absolute atomic E-state index is 0.624. The molecule has 0 radical (unpaired) electrons. The van der Waals surface area contributed by atoms with Crippen molar-refractivity contribution in [2.75, 3.05) is 7.11 Å². The zero-order valence-corrected chi connectivity index (χ0v) is 7.84. The van der Waals surface area contributed by atoms with Gasteiger partial charge in [0.25, 0.3) is 0 Å². The van der Waals surface area contributed by atoms with Gasteiger partial charge in [0.15, 0.2) is 0 Å². The van der Waals surface area contributed by atoms with Crippen molar-refractivity contribution in [1.82, 2.24) is 9.97 Å². The van der Waals surface area contributed by atoms with E-state index in [2.05, 4.69) is 9.97 Å². The second-order valence-electron chi connectivity index (χ2n) is 2.82. The smallest absolute Gasteiger partial charge is 0.213 e. The monoisotopic (exact) mass is 186 g/mol. The van der Waals surface area contributed by atoms with Crippen LogP contribution in [0.1, 0.15) is 0 Å². The molecule has 3 nitrogen and oxygen atoms in total. The van der Waals surface area contributed by atoms with Crippen LogP contribution in [0.15, 0.2) is 42.9 Å². The van der Waals surface area contributed by atoms with Gasteiger partial charge in [0, 0.05) is 24.7 Å². The summed E-state index contributed by atoms with van der Waals surface area (Å²) >= 11 is 0. The lowest BCUT2D eigenvalue weighted by atomic mass is 10.1. The molecule has 0 atom stereocenters. The summed E-state index contributed by atoms with van der Waals surface area (Å²) in [5.74, 6) is 0.624. The highest BCUT2D eigenvalue weighted by Gasteiger charge is 1.98. The molecule has 2 aromatic heterocycles. The van der Waals surface area contributed by atoms with Crippen molar-refractivity contribution in [2.45, 2.75) is 0 Å². The molecule has 0 aliphatic rings. The molecule has 3 heteroatoms. The number of pyridine rings is 2. The average Bonchev–Trinajstić information content (AvgIpc) is 2.30. The van der Waals surface area contributed by atoms with E-state index in [-0.39, 0.29) is 0 Å². The van der Waals surface area contributed by atoms with E-state index >= 15 is 0 Å². The van der Waals surface area contributed by atoms with Gasteiger partial charge in [0.2, 0.25) is 5.88 Å². The van der Waals surface area contributed by atoms with Crippen molar-refractivity contribution >= 4 is 0 Å². The van der Waals surface area contributed by atoms with E-state index in [1.807, 2.05) is 24.3 Å². The van der Waals surface area contributed by atoms with Gasteiger partial charge in [-0.1, -0.05) is 0 Å². The van der Waals surface area contributed by atoms with Gasteiger partial charge in [-0.3, -0.25) is 4.98 Å². The molecule has 0 N–H and O–H groups in total. The van der Waals surface area contributed by atoms with Gasteiger partial charge in [0.1, 0.15) is 0 Å². The fourth-order valence-electron chi connectivity index (χ4n) is 1.24. The van der Waals surface area contributed by atoms with E-state index in [1.165, 1.54) is 0 Å². The maximum atomic E-state index is 5.05. The molecular formula is C11H10N2O. The van der Waals surface area contributed by atoms with Gasteiger partial charge in [-0.15, -0.1) is 0 Å². The number of methoxy groups -OCH3 is 1. The third-order valence-corrected chi connectivity index (χ3v) is 1.96. The van der Waals surface area contributed by atoms with Crippen LogP contribution in [-0.4, -0.2) is 17.1 Å². The number of aromatic nitrogens is 2. The molecule has 0 aromatic carbocycles. The fraction of sp³-hybridized carbons (Fsp3) is 0.0909. The minimum atomic E-state index is 0.624. The van der Waals surface area contributed by atoms with Gasteiger partial charge >= 0.3 is 0 Å². The zero-order valence-electron chi connectivity index (χ0n) is 7.84. The normalized spacial score (nSPS) is 9.79. The first kappa shape index (κ1) is 8.69. The maximum absolute atomic E-state index is 5.05. The van der Waals surface area contributed by atoms with Crippen molar-refractivity contribution in [3.05, 3.63) is 42.9 Å². The molecule has 0 saturated carbocycles. The molecule has 2 aromatic rings. The highest BCUT2D eigenvalue weighted by Crippen LogP contribution is 2.20. The van der Waals surface area contributed by atoms with Crippen LogP contribution in [0.25, 0.3) is 11.1 Å². The second-order valence-corrected chi connectivity index (χ2v) is 2.82. The Morgan fingerprint density at radius 3 is 2.43 bits per heavy atom. The summed E-state index contributed by atoms with van der Waals surface area (Å²) in [5, 5.41) is 0. The van der Waals surface area contributed by atoms with Gasteiger partial charge in [-0.05, 0) is 29.3 Å². The lowest BCUT2D eigenvalue weighted by molar-refractivity contribution is 0.398. The minimum Gasteiger partial charge on any atom is -0.481 e. The molecule has 0 saturated heterocycles. The molecule has 2 heterocycles. The lowest BCUT2D eigenvalue weighted by Crippen LogP contribution is -1.87. The van der Waals surface area contributed by atoms with Crippen LogP contribution in [0.3, 0.4) is 0 Å². The molecule has 0 aliphatic carbocycles. The summed E-state index contributed by atoms with van der Waals surface area (Å²) in [6.45, 7) is 0. The molecule has 14 heavy (non-hydrogen) atoms. The summed E-state index contributed by atoms with van der Waals surface area (Å²) < 4.78 is 5.05. The molecular weight excluding hydrogens is 176 g/mol. The standard InChI is InChI=1S/C11H10N2O/c1-14-11-8-10(4-7-13-11)9-2-5-12-6-3-9/h2-8H,1H3. The Kier molecular flexibility index (Phi) is 2.40. The first-order chi connectivity index (χ1) is 6.90. The second kappa shape index (κ2) is 3.87. The van der Waals surface area contributed by atoms with E-state index in [0.717, 1.165) is 11.1 Å². The Balaban J connectivity index is 2.42. The summed E-state index contributed by atoms with van der Waals surface area (Å²) in [4.78, 5) is 8.01. The molecule has 0 amide bonds. The van der Waals surface area contributed by atoms with Crippen LogP contribution in [0.4, 0.5) is 0 Å². The fourth-order valence-corrected chi connectivity index (χ4v) is 1.24. The number of rotatable bonds is 2. The van der Waals surface area contributed by atoms with Crippen LogP contribution in [-0.2, 0) is 0 Å². The van der Waals surface area contributed by atoms with Crippen LogP contribution < -0.4 is 4.74 Å². The molecule has 2 rings (SSSR count). The molecule has 0 aliphatic heterocycles. The molecule has 0 spiro atoms. The summed E-state index contributed by atoms with van der Waals surface area (Å²) in [5.41, 5.74) is 2.19. The summed E-state index contributed by atoms with van der Waals surface area (Å²) in [7, 11) is 1.61. The number of hydrogen-bond donors (Lipinski definition) is 0. The van der Waals surface area contributed by atoms with Crippen molar-refractivity contribution < 1.29 is 4.74 Å². The highest BCUT2D eigenvalue weighted by molar-refractivity contribution is 5.63.